The number of carbonyl (C=O) groups excluding carboxylic acids is 2. The van der Waals surface area contributed by atoms with Crippen LogP contribution in [-0.4, -0.2) is 33.1 Å². The Kier molecular flexibility index (Phi) is 5.69. The number of aryl methyl sites for hydroxylation is 1. The summed E-state index contributed by atoms with van der Waals surface area (Å²) in [6, 6.07) is 13.0. The molecule has 154 valence electrons. The lowest BCUT2D eigenvalue weighted by molar-refractivity contribution is -0.117. The summed E-state index contributed by atoms with van der Waals surface area (Å²) in [6.45, 7) is 2.65. The maximum atomic E-state index is 12.7. The van der Waals surface area contributed by atoms with Gasteiger partial charge < -0.3 is 10.2 Å². The maximum absolute atomic E-state index is 12.7. The summed E-state index contributed by atoms with van der Waals surface area (Å²) in [5.74, 6) is 0.397. The Morgan fingerprint density at radius 3 is 2.83 bits per heavy atom. The number of H-pyrrole nitrogens is 1. The summed E-state index contributed by atoms with van der Waals surface area (Å²) in [4.78, 5) is 26.3. The van der Waals surface area contributed by atoms with E-state index in [4.69, 9.17) is 23.8 Å². The fraction of sp³-hybridized carbons (Fsp3) is 0.238. The van der Waals surface area contributed by atoms with Crippen LogP contribution >= 0.6 is 23.8 Å². The van der Waals surface area contributed by atoms with Crippen molar-refractivity contribution in [3.63, 3.8) is 0 Å². The molecule has 0 spiro atoms. The molecule has 1 saturated heterocycles. The average Bonchev–Trinajstić information content (AvgIpc) is 3.28. The minimum absolute atomic E-state index is 0.00257. The van der Waals surface area contributed by atoms with Crippen molar-refractivity contribution < 1.29 is 9.59 Å². The molecule has 0 bridgehead atoms. The number of hydrogen-bond acceptors (Lipinski definition) is 4. The van der Waals surface area contributed by atoms with Crippen LogP contribution in [-0.2, 0) is 16.1 Å². The van der Waals surface area contributed by atoms with Crippen LogP contribution in [0.3, 0.4) is 0 Å². The molecule has 0 radical (unpaired) electrons. The molecule has 1 aliphatic rings. The summed E-state index contributed by atoms with van der Waals surface area (Å²) >= 11 is 11.7. The molecule has 2 heterocycles. The number of aromatic nitrogens is 3. The maximum Gasteiger partial charge on any atom is 0.244 e. The van der Waals surface area contributed by atoms with E-state index in [9.17, 15) is 9.59 Å². The lowest BCUT2D eigenvalue weighted by atomic mass is 10.1. The number of aromatic amines is 1. The molecule has 9 heteroatoms. The molecule has 0 aliphatic carbocycles. The monoisotopic (exact) mass is 441 g/mol. The zero-order valence-corrected chi connectivity index (χ0v) is 17.9. The normalized spacial score (nSPS) is 13.7. The zero-order valence-electron chi connectivity index (χ0n) is 16.3. The molecule has 30 heavy (non-hydrogen) atoms. The van der Waals surface area contributed by atoms with Crippen molar-refractivity contribution in [2.45, 2.75) is 26.3 Å². The Bertz CT molecular complexity index is 1190. The first-order valence-electron chi connectivity index (χ1n) is 9.54. The van der Waals surface area contributed by atoms with Gasteiger partial charge in [0.1, 0.15) is 6.54 Å². The first-order valence-corrected chi connectivity index (χ1v) is 10.3. The molecular formula is C21H20ClN5O2S. The van der Waals surface area contributed by atoms with Crippen molar-refractivity contribution in [3.8, 4) is 11.4 Å². The second kappa shape index (κ2) is 8.41. The largest absolute Gasteiger partial charge is 0.324 e. The SMILES string of the molecule is Cc1cccc(-c2n[nH]c(=S)n2CC(=O)Nc2ccc(N3CCCC3=O)c(Cl)c2)c1. The van der Waals surface area contributed by atoms with Crippen LogP contribution in [0, 0.1) is 11.7 Å². The molecule has 2 aromatic carbocycles. The second-order valence-electron chi connectivity index (χ2n) is 7.17. The first kappa shape index (κ1) is 20.3. The van der Waals surface area contributed by atoms with Gasteiger partial charge in [-0.15, -0.1) is 0 Å². The van der Waals surface area contributed by atoms with Gasteiger partial charge in [0, 0.05) is 24.2 Å². The topological polar surface area (TPSA) is 83.0 Å². The van der Waals surface area contributed by atoms with E-state index >= 15 is 0 Å². The van der Waals surface area contributed by atoms with Crippen LogP contribution in [0.4, 0.5) is 11.4 Å². The van der Waals surface area contributed by atoms with E-state index in [1.807, 2.05) is 31.2 Å². The lowest BCUT2D eigenvalue weighted by Crippen LogP contribution is -2.24. The number of rotatable bonds is 5. The minimum Gasteiger partial charge on any atom is -0.324 e. The average molecular weight is 442 g/mol. The number of amides is 2. The van der Waals surface area contributed by atoms with Gasteiger partial charge in [0.05, 0.1) is 10.7 Å². The van der Waals surface area contributed by atoms with Crippen LogP contribution in [0.1, 0.15) is 18.4 Å². The number of carbonyl (C=O) groups is 2. The lowest BCUT2D eigenvalue weighted by Gasteiger charge is -2.18. The fourth-order valence-electron chi connectivity index (χ4n) is 3.52. The molecule has 2 amide bonds. The van der Waals surface area contributed by atoms with Gasteiger partial charge in [0.2, 0.25) is 11.8 Å². The van der Waals surface area contributed by atoms with Gasteiger partial charge in [-0.2, -0.15) is 5.10 Å². The molecular weight excluding hydrogens is 422 g/mol. The molecule has 1 aliphatic heterocycles. The summed E-state index contributed by atoms with van der Waals surface area (Å²) < 4.78 is 2.01. The van der Waals surface area contributed by atoms with E-state index < -0.39 is 0 Å². The number of nitrogens with zero attached hydrogens (tertiary/aromatic N) is 3. The Morgan fingerprint density at radius 1 is 1.30 bits per heavy atom. The van der Waals surface area contributed by atoms with Crippen molar-refractivity contribution in [1.29, 1.82) is 0 Å². The van der Waals surface area contributed by atoms with Crippen LogP contribution < -0.4 is 10.2 Å². The van der Waals surface area contributed by atoms with Crippen molar-refractivity contribution in [2.75, 3.05) is 16.8 Å². The fourth-order valence-corrected chi connectivity index (χ4v) is 4.00. The Balaban J connectivity index is 1.51. The quantitative estimate of drug-likeness (QED) is 0.577. The number of nitrogens with one attached hydrogen (secondary N) is 2. The summed E-state index contributed by atoms with van der Waals surface area (Å²) in [5.41, 5.74) is 3.17. The molecule has 0 unspecified atom stereocenters. The second-order valence-corrected chi connectivity index (χ2v) is 7.97. The highest BCUT2D eigenvalue weighted by Gasteiger charge is 2.23. The third kappa shape index (κ3) is 4.15. The van der Waals surface area contributed by atoms with Crippen LogP contribution in [0.25, 0.3) is 11.4 Å². The molecule has 0 atom stereocenters. The first-order chi connectivity index (χ1) is 14.4. The molecule has 7 nitrogen and oxygen atoms in total. The molecule has 1 fully saturated rings. The van der Waals surface area contributed by atoms with Gasteiger partial charge in [-0.1, -0.05) is 35.4 Å². The Morgan fingerprint density at radius 2 is 2.13 bits per heavy atom. The van der Waals surface area contributed by atoms with Gasteiger partial charge >= 0.3 is 0 Å². The summed E-state index contributed by atoms with van der Waals surface area (Å²) in [6.07, 6.45) is 1.35. The van der Waals surface area contributed by atoms with Gasteiger partial charge in [-0.3, -0.25) is 19.3 Å². The third-order valence-corrected chi connectivity index (χ3v) is 5.55. The number of hydrogen-bond donors (Lipinski definition) is 2. The standard InChI is InChI=1S/C21H20ClN5O2S/c1-13-4-2-5-14(10-13)20-24-25-21(30)27(20)12-18(28)23-15-7-8-17(16(22)11-15)26-9-3-6-19(26)29/h2,4-5,7-8,10-11H,3,6,9,12H2,1H3,(H,23,28)(H,25,30). The predicted octanol–water partition coefficient (Wildman–Crippen LogP) is 4.34. The summed E-state index contributed by atoms with van der Waals surface area (Å²) in [5, 5.41) is 10.3. The highest BCUT2D eigenvalue weighted by atomic mass is 35.5. The van der Waals surface area contributed by atoms with Crippen LogP contribution in [0.5, 0.6) is 0 Å². The molecule has 2 N–H and O–H groups in total. The van der Waals surface area contributed by atoms with Gasteiger partial charge in [-0.05, 0) is 49.8 Å². The van der Waals surface area contributed by atoms with Crippen LogP contribution in [0.15, 0.2) is 42.5 Å². The number of benzene rings is 2. The van der Waals surface area contributed by atoms with Crippen molar-refractivity contribution >= 4 is 47.0 Å². The summed E-state index contributed by atoms with van der Waals surface area (Å²) in [7, 11) is 0. The smallest absolute Gasteiger partial charge is 0.244 e. The van der Waals surface area contributed by atoms with Gasteiger partial charge in [-0.25, -0.2) is 0 Å². The highest BCUT2D eigenvalue weighted by molar-refractivity contribution is 7.71. The predicted molar refractivity (Wildman–Crippen MR) is 119 cm³/mol. The van der Waals surface area contributed by atoms with E-state index in [0.29, 0.717) is 40.0 Å². The van der Waals surface area contributed by atoms with Crippen LogP contribution in [0.2, 0.25) is 5.02 Å². The molecule has 3 aromatic rings. The number of halogens is 1. The Hall–Kier alpha value is -2.97. The zero-order chi connectivity index (χ0) is 21.3. The van der Waals surface area contributed by atoms with Gasteiger partial charge in [0.15, 0.2) is 10.6 Å². The van der Waals surface area contributed by atoms with E-state index in [0.717, 1.165) is 17.5 Å². The van der Waals surface area contributed by atoms with E-state index in [1.165, 1.54) is 0 Å². The van der Waals surface area contributed by atoms with Crippen molar-refractivity contribution in [1.82, 2.24) is 14.8 Å². The number of anilines is 2. The molecule has 4 rings (SSSR count). The van der Waals surface area contributed by atoms with Crippen molar-refractivity contribution in [3.05, 3.63) is 57.8 Å². The molecule has 0 saturated carbocycles. The minimum atomic E-state index is -0.262. The van der Waals surface area contributed by atoms with E-state index in [2.05, 4.69) is 15.5 Å². The Labute approximate surface area is 183 Å². The van der Waals surface area contributed by atoms with E-state index in [1.54, 1.807) is 27.7 Å². The van der Waals surface area contributed by atoms with Gasteiger partial charge in [0.25, 0.3) is 0 Å². The van der Waals surface area contributed by atoms with Crippen molar-refractivity contribution in [2.24, 2.45) is 0 Å². The highest BCUT2D eigenvalue weighted by Crippen LogP contribution is 2.31. The third-order valence-electron chi connectivity index (χ3n) is 4.93. The molecule has 1 aromatic heterocycles. The van der Waals surface area contributed by atoms with E-state index in [-0.39, 0.29) is 18.4 Å².